The third kappa shape index (κ3) is 105. The van der Waals surface area contributed by atoms with Crippen LogP contribution in [0.25, 0.3) is 0 Å². The average Bonchev–Trinajstić information content (AvgIpc) is 0.891. The fraction of sp³-hybridized carbons (Fsp3) is 0.743. The summed E-state index contributed by atoms with van der Waals surface area (Å²) in [5.74, 6) is -1.55. The van der Waals surface area contributed by atoms with Crippen LogP contribution in [0.15, 0.2) is 158 Å². The van der Waals surface area contributed by atoms with E-state index in [1.54, 1.807) is 0 Å². The van der Waals surface area contributed by atoms with Gasteiger partial charge in [-0.1, -0.05) is 468 Å². The third-order valence-corrected chi connectivity index (χ3v) is 25.1. The molecule has 0 radical (unpaired) electrons. The number of ether oxygens (including phenoxy) is 3. The number of aliphatic hydroxyl groups excluding tert-OH is 2. The molecule has 0 aliphatic heterocycles. The van der Waals surface area contributed by atoms with Crippen LogP contribution in [0.3, 0.4) is 0 Å². The minimum atomic E-state index is -4.95. The van der Waals surface area contributed by atoms with Crippen LogP contribution in [-0.4, -0.2) is 95.9 Å². The summed E-state index contributed by atoms with van der Waals surface area (Å²) in [6.07, 6.45) is 136. The van der Waals surface area contributed by atoms with Crippen molar-refractivity contribution in [1.29, 1.82) is 0 Å². The van der Waals surface area contributed by atoms with Crippen LogP contribution in [0.4, 0.5) is 0 Å². The first-order valence-corrected chi connectivity index (χ1v) is 56.8. The number of unbranched alkanes of at least 4 members (excludes halogenated alkanes) is 53. The summed E-state index contributed by atoms with van der Waals surface area (Å²) in [4.78, 5) is 59.3. The van der Waals surface area contributed by atoms with Gasteiger partial charge in [0.25, 0.3) is 0 Å². The lowest BCUT2D eigenvalue weighted by Crippen LogP contribution is -2.30. The van der Waals surface area contributed by atoms with Gasteiger partial charge in [0.2, 0.25) is 0 Å². The van der Waals surface area contributed by atoms with Gasteiger partial charge in [-0.15, -0.1) is 0 Å². The molecule has 756 valence electrons. The lowest BCUT2D eigenvalue weighted by atomic mass is 10.0. The maximum atomic E-state index is 13.1. The second-order valence-corrected chi connectivity index (χ2v) is 38.9. The zero-order valence-electron chi connectivity index (χ0n) is 84.0. The van der Waals surface area contributed by atoms with E-state index in [0.717, 1.165) is 141 Å². The Hall–Kier alpha value is -4.83. The van der Waals surface area contributed by atoms with Crippen molar-refractivity contribution in [2.24, 2.45) is 0 Å². The van der Waals surface area contributed by atoms with E-state index in [0.29, 0.717) is 19.3 Å². The second-order valence-electron chi connectivity index (χ2n) is 36.0. The fourth-order valence-electron chi connectivity index (χ4n) is 15.1. The first kappa shape index (κ1) is 126. The Morgan fingerprint density at radius 3 is 0.641 bits per heavy atom. The normalized spacial score (nSPS) is 14.2. The minimum Gasteiger partial charge on any atom is -0.463 e. The lowest BCUT2D eigenvalue weighted by molar-refractivity contribution is -0.161. The molecule has 0 saturated heterocycles. The molecule has 0 spiro atoms. The Morgan fingerprint density at radius 2 is 0.405 bits per heavy atom. The number of carbonyl (C=O) groups excluding carboxylic acids is 3. The van der Waals surface area contributed by atoms with Crippen LogP contribution in [0.5, 0.6) is 0 Å². The fourth-order valence-corrected chi connectivity index (χ4v) is 16.7. The molecule has 0 aliphatic rings. The predicted molar refractivity (Wildman–Crippen MR) is 556 cm³/mol. The highest BCUT2D eigenvalue weighted by Crippen LogP contribution is 2.45. The molecular weight excluding hydrogens is 1680 g/mol. The van der Waals surface area contributed by atoms with Gasteiger partial charge in [0.15, 0.2) is 6.10 Å². The van der Waals surface area contributed by atoms with Gasteiger partial charge in [0, 0.05) is 19.3 Å². The van der Waals surface area contributed by atoms with E-state index >= 15 is 0 Å². The summed E-state index contributed by atoms with van der Waals surface area (Å²) < 4.78 is 61.8. The van der Waals surface area contributed by atoms with Crippen LogP contribution in [0.2, 0.25) is 0 Å². The number of rotatable bonds is 102. The van der Waals surface area contributed by atoms with Crippen LogP contribution in [0.1, 0.15) is 483 Å². The lowest BCUT2D eigenvalue weighted by Gasteiger charge is -2.21. The topological polar surface area (TPSA) is 231 Å². The SMILES string of the molecule is CC/C=C\C/C=C\C/C=C\C/C=C\C/C=C\CCCCCCCCCCCCCCCCCC(=O)OCC(COP(=O)(O)OCC(O)COP(=O)(O)OCC(O)COC(=O)CCCCCCCCCCCCCCCCCCCCC/C=C\C/C=C\C/C=C\C/C=C\CCCCC)OC(=O)CCCCCCCCCCCCCCC/C=C\C/C=C\C/C=C\C/C=C\CCCCC. The molecule has 0 aliphatic carbocycles. The van der Waals surface area contributed by atoms with Crippen LogP contribution in [-0.2, 0) is 55.8 Å². The number of hydrogen-bond acceptors (Lipinski definition) is 14. The molecule has 0 fully saturated rings. The highest BCUT2D eigenvalue weighted by Gasteiger charge is 2.30. The quantitative estimate of drug-likeness (QED) is 0.0146. The first-order valence-electron chi connectivity index (χ1n) is 53.8. The number of hydrogen-bond donors (Lipinski definition) is 4. The smallest absolute Gasteiger partial charge is 0.463 e. The maximum Gasteiger partial charge on any atom is 0.472 e. The van der Waals surface area contributed by atoms with Crippen LogP contribution >= 0.6 is 15.6 Å². The van der Waals surface area contributed by atoms with E-state index in [1.807, 2.05) is 0 Å². The van der Waals surface area contributed by atoms with E-state index in [4.69, 9.17) is 32.3 Å². The van der Waals surface area contributed by atoms with Gasteiger partial charge < -0.3 is 34.2 Å². The summed E-state index contributed by atoms with van der Waals surface area (Å²) in [5.41, 5.74) is 0. The van der Waals surface area contributed by atoms with Gasteiger partial charge in [-0.25, -0.2) is 9.13 Å². The van der Waals surface area contributed by atoms with Gasteiger partial charge in [-0.05, 0) is 154 Å². The van der Waals surface area contributed by atoms with Crippen LogP contribution in [0, 0.1) is 0 Å². The monoisotopic (exact) mass is 1870 g/mol. The molecule has 5 unspecified atom stereocenters. The summed E-state index contributed by atoms with van der Waals surface area (Å²) in [6, 6.07) is 0. The van der Waals surface area contributed by atoms with Crippen molar-refractivity contribution in [3.63, 3.8) is 0 Å². The molecule has 0 aromatic carbocycles. The molecule has 5 atom stereocenters. The molecule has 0 bridgehead atoms. The average molecular weight is 1870 g/mol. The molecule has 18 heteroatoms. The second kappa shape index (κ2) is 104. The van der Waals surface area contributed by atoms with Gasteiger partial charge in [-0.3, -0.25) is 32.5 Å². The van der Waals surface area contributed by atoms with E-state index in [2.05, 4.69) is 179 Å². The number of aliphatic hydroxyl groups is 2. The van der Waals surface area contributed by atoms with Crippen molar-refractivity contribution in [3.8, 4) is 0 Å². The minimum absolute atomic E-state index is 0.102. The molecule has 0 aromatic rings. The molecule has 16 nitrogen and oxygen atoms in total. The standard InChI is InChI=1S/C113H198O16P2/c1-4-7-10-13-16-19-22-25-28-31-34-37-40-43-46-49-51-52-53-54-56-59-60-63-66-69-72-75-78-81-84-87-90-93-96-99-111(116)123-102-108(114)103-125-130(119,120)126-104-109(115)105-127-131(121,122)128-107-110(129-113(118)101-98-95-92-89-86-83-80-77-74-71-68-65-62-57-48-45-42-39-36-33-30-27-24-21-18-15-12-9-6-3)106-124-112(117)100-97-94-91-88-85-82-79-76-73-70-67-64-61-58-55-50-47-44-41-38-35-32-29-26-23-20-17-14-11-8-5-2/h8,11,16-21,25-30,34-39,43-48,108-110,114-115H,4-7,9-10,12-15,22-24,31-33,40-42,49-107H2,1-3H3,(H,119,120)(H,121,122)/b11-8-,19-16-,20-17-,21-18-,28-25-,29-26-,30-27-,37-34-,38-35-,39-36-,46-43-,47-44-,48-45-. The van der Waals surface area contributed by atoms with Gasteiger partial charge in [0.1, 0.15) is 25.4 Å². The van der Waals surface area contributed by atoms with Gasteiger partial charge >= 0.3 is 33.6 Å². The summed E-state index contributed by atoms with van der Waals surface area (Å²) in [5, 5.41) is 20.8. The molecule has 0 aromatic heterocycles. The molecule has 0 saturated carbocycles. The predicted octanol–water partition coefficient (Wildman–Crippen LogP) is 34.4. The van der Waals surface area contributed by atoms with Crippen LogP contribution < -0.4 is 0 Å². The van der Waals surface area contributed by atoms with E-state index < -0.39 is 91.5 Å². The highest BCUT2D eigenvalue weighted by atomic mass is 31.2. The largest absolute Gasteiger partial charge is 0.472 e. The summed E-state index contributed by atoms with van der Waals surface area (Å²) in [7, 11) is -9.82. The third-order valence-electron chi connectivity index (χ3n) is 23.2. The Morgan fingerprint density at radius 1 is 0.221 bits per heavy atom. The molecule has 0 amide bonds. The summed E-state index contributed by atoms with van der Waals surface area (Å²) in [6.45, 7) is 2.61. The number of phosphoric acid groups is 2. The Kier molecular flexibility index (Phi) is 100. The molecule has 4 N–H and O–H groups in total. The number of carbonyl (C=O) groups is 3. The highest BCUT2D eigenvalue weighted by molar-refractivity contribution is 7.47. The van der Waals surface area contributed by atoms with Gasteiger partial charge in [-0.2, -0.15) is 0 Å². The Bertz CT molecular complexity index is 3010. The molecular formula is C113H198O16P2. The number of allylic oxidation sites excluding steroid dienone is 26. The van der Waals surface area contributed by atoms with E-state index in [1.165, 1.54) is 283 Å². The maximum absolute atomic E-state index is 13.1. The molecule has 0 rings (SSSR count). The Labute approximate surface area is 803 Å². The van der Waals surface area contributed by atoms with Crippen molar-refractivity contribution in [1.82, 2.24) is 0 Å². The zero-order valence-corrected chi connectivity index (χ0v) is 85.8. The molecule has 131 heavy (non-hydrogen) atoms. The summed E-state index contributed by atoms with van der Waals surface area (Å²) >= 11 is 0. The zero-order chi connectivity index (χ0) is 95.0. The van der Waals surface area contributed by atoms with Crippen molar-refractivity contribution in [3.05, 3.63) is 158 Å². The van der Waals surface area contributed by atoms with Gasteiger partial charge in [0.05, 0.1) is 26.4 Å². The first-order chi connectivity index (χ1) is 64.2. The van der Waals surface area contributed by atoms with Crippen molar-refractivity contribution in [2.75, 3.05) is 39.6 Å². The van der Waals surface area contributed by atoms with Crippen molar-refractivity contribution in [2.45, 2.75) is 501 Å². The molecule has 0 heterocycles. The number of phosphoric ester groups is 2. The van der Waals surface area contributed by atoms with E-state index in [9.17, 15) is 43.5 Å². The van der Waals surface area contributed by atoms with E-state index in [-0.39, 0.29) is 19.3 Å². The van der Waals surface area contributed by atoms with Crippen molar-refractivity contribution >= 4 is 33.6 Å². The van der Waals surface area contributed by atoms with Crippen molar-refractivity contribution < 1.29 is 75.8 Å². The number of esters is 3. The Balaban J connectivity index is 4.58.